The van der Waals surface area contributed by atoms with Gasteiger partial charge in [-0.3, -0.25) is 0 Å². The Hall–Kier alpha value is -1.24. The first kappa shape index (κ1) is 32.4. The summed E-state index contributed by atoms with van der Waals surface area (Å²) in [5.41, 5.74) is -1.81. The van der Waals surface area contributed by atoms with Crippen LogP contribution >= 0.6 is 7.82 Å². The van der Waals surface area contributed by atoms with Crippen LogP contribution in [0.5, 0.6) is 0 Å². The molecule has 0 heterocycles. The Morgan fingerprint density at radius 2 is 1.46 bits per heavy atom. The number of aliphatic hydroxyl groups excluding tert-OH is 3. The van der Waals surface area contributed by atoms with E-state index in [9.17, 15) is 9.59 Å². The first-order valence-electron chi connectivity index (χ1n) is 6.60. The predicted octanol–water partition coefficient (Wildman–Crippen LogP) is -2.49. The summed E-state index contributed by atoms with van der Waals surface area (Å²) in [6, 6.07) is 10.0. The van der Waals surface area contributed by atoms with E-state index >= 15 is 0 Å². The number of rotatable bonds is 5. The van der Waals surface area contributed by atoms with Gasteiger partial charge in [0.05, 0.1) is 30.8 Å². The largest absolute Gasteiger partial charge is 3.00 e. The molecule has 1 rings (SSSR count). The molecule has 0 aliphatic heterocycles. The van der Waals surface area contributed by atoms with E-state index in [4.69, 9.17) is 34.6 Å². The zero-order valence-electron chi connectivity index (χ0n) is 13.9. The minimum Gasteiger partial charge on any atom is -0.822 e. The van der Waals surface area contributed by atoms with Gasteiger partial charge in [-0.2, -0.15) is 32.9 Å². The molecule has 11 heteroatoms. The molecular formula is C15H20MnO9P-2. The number of allylic oxidation sites excluding steroid dienone is 1. The molecule has 0 unspecified atom stereocenters. The molecule has 3 N–H and O–H groups in total. The smallest absolute Gasteiger partial charge is 0.822 e. The fraction of sp³-hybridized carbons (Fsp3) is 0.333. The maximum absolute atomic E-state index is 10.3. The van der Waals surface area contributed by atoms with Gasteiger partial charge in [0.2, 0.25) is 0 Å². The molecule has 0 bridgehead atoms. The Morgan fingerprint density at radius 1 is 1.12 bits per heavy atom. The number of phosphoric acid groups is 1. The summed E-state index contributed by atoms with van der Waals surface area (Å²) in [5, 5.41) is 26.5. The molecule has 0 fully saturated rings. The number of hydrogen-bond donors (Lipinski definition) is 3. The van der Waals surface area contributed by atoms with Gasteiger partial charge in [-0.15, -0.1) is 0 Å². The second kappa shape index (κ2) is 20.1. The van der Waals surface area contributed by atoms with E-state index < -0.39 is 33.1 Å². The summed E-state index contributed by atoms with van der Waals surface area (Å²) in [6.45, 7) is 3.05. The normalized spacial score (nSPS) is 9.08. The molecule has 9 nitrogen and oxygen atoms in total. The predicted molar refractivity (Wildman–Crippen MR) is 83.8 cm³/mol. The van der Waals surface area contributed by atoms with Crippen molar-refractivity contribution in [1.29, 1.82) is 0 Å². The van der Waals surface area contributed by atoms with Crippen molar-refractivity contribution in [2.45, 2.75) is 6.92 Å². The molecule has 0 saturated heterocycles. The number of hydrogen-bond acceptors (Lipinski definition) is 9. The molecule has 0 atom stereocenters. The summed E-state index contributed by atoms with van der Waals surface area (Å²) < 4.78 is 8.55. The van der Waals surface area contributed by atoms with Crippen molar-refractivity contribution in [2.24, 2.45) is 5.41 Å². The van der Waals surface area contributed by atoms with Crippen molar-refractivity contribution in [3.63, 3.8) is 0 Å². The molecule has 1 aromatic carbocycles. The maximum atomic E-state index is 10.3. The van der Waals surface area contributed by atoms with Crippen LogP contribution in [-0.2, 0) is 31.2 Å². The molecule has 0 amide bonds. The second-order valence-electron chi connectivity index (χ2n) is 3.94. The second-order valence-corrected chi connectivity index (χ2v) is 4.84. The zero-order valence-corrected chi connectivity index (χ0v) is 16.0. The van der Waals surface area contributed by atoms with E-state index in [-0.39, 0.29) is 22.6 Å². The van der Waals surface area contributed by atoms with Crippen LogP contribution in [0.4, 0.5) is 0 Å². The van der Waals surface area contributed by atoms with E-state index in [1.807, 2.05) is 30.3 Å². The maximum Gasteiger partial charge on any atom is 3.00 e. The Labute approximate surface area is 162 Å². The molecule has 0 spiro atoms. The first-order chi connectivity index (χ1) is 11.7. The summed E-state index contributed by atoms with van der Waals surface area (Å²) >= 11 is 0. The zero-order chi connectivity index (χ0) is 20.4. The van der Waals surface area contributed by atoms with Crippen LogP contribution in [0.1, 0.15) is 6.92 Å². The van der Waals surface area contributed by atoms with Gasteiger partial charge in [-0.25, -0.2) is 21.7 Å². The van der Waals surface area contributed by atoms with Gasteiger partial charge in [0.25, 0.3) is 0 Å². The van der Waals surface area contributed by atoms with E-state index in [0.29, 0.717) is 0 Å². The fourth-order valence-electron chi connectivity index (χ4n) is 1.08. The summed E-state index contributed by atoms with van der Waals surface area (Å²) in [4.78, 5) is 45.9. The van der Waals surface area contributed by atoms with Crippen LogP contribution in [-0.4, -0.2) is 47.0 Å². The minimum atomic E-state index is -5.39. The van der Waals surface area contributed by atoms with Gasteiger partial charge in [0.1, 0.15) is 11.9 Å². The molecule has 26 heavy (non-hydrogen) atoms. The quantitative estimate of drug-likeness (QED) is 0.150. The van der Waals surface area contributed by atoms with E-state index in [1.165, 1.54) is 11.9 Å². The van der Waals surface area contributed by atoms with Crippen LogP contribution in [0.3, 0.4) is 0 Å². The van der Waals surface area contributed by atoms with Crippen LogP contribution in [0.15, 0.2) is 42.0 Å². The van der Waals surface area contributed by atoms with Crippen molar-refractivity contribution >= 4 is 19.7 Å². The molecule has 0 aromatic heterocycles. The summed E-state index contributed by atoms with van der Waals surface area (Å²) in [7, 11) is -5.39. The third kappa shape index (κ3) is 19.1. The fourth-order valence-corrected chi connectivity index (χ4v) is 1.08. The van der Waals surface area contributed by atoms with Gasteiger partial charge in [-0.05, 0) is 0 Å². The van der Waals surface area contributed by atoms with Crippen LogP contribution < -0.4 is 14.7 Å². The monoisotopic (exact) mass is 430 g/mol. The topological polar surface area (TPSA) is 181 Å². The van der Waals surface area contributed by atoms with Crippen LogP contribution in [0.25, 0.3) is 0 Å². The Kier molecular flexibility index (Phi) is 25.0. The number of carbonyl (C=O) groups excluding carboxylic acids is 2. The standard InChI is InChI=1S/C8H10O5.C5H5.C2H5.Mn.H3O4P/c9-2-1-7(3-10)8(4-11,5-12)6-13;1-2-4-5-3-1;1-2;;1-5(2,3)4/h1,11-13H,4-6H2;1-5H;1H2,2H3;;(H3,1,2,3,4)/q;2*-1;+3;/p-3. The van der Waals surface area contributed by atoms with Crippen molar-refractivity contribution in [1.82, 2.24) is 0 Å². The number of aliphatic hydroxyl groups is 3. The van der Waals surface area contributed by atoms with Crippen molar-refractivity contribution in [2.75, 3.05) is 19.8 Å². The summed E-state index contributed by atoms with van der Waals surface area (Å²) in [5.74, 6) is 2.68. The van der Waals surface area contributed by atoms with Gasteiger partial charge < -0.3 is 41.5 Å². The average molecular weight is 430 g/mol. The first-order valence-corrected chi connectivity index (χ1v) is 8.06. The van der Waals surface area contributed by atoms with Crippen molar-refractivity contribution in [3.8, 4) is 0 Å². The molecule has 0 radical (unpaired) electrons. The van der Waals surface area contributed by atoms with Crippen LogP contribution in [0.2, 0.25) is 0 Å². The van der Waals surface area contributed by atoms with Gasteiger partial charge in [0.15, 0.2) is 0 Å². The third-order valence-electron chi connectivity index (χ3n) is 2.35. The van der Waals surface area contributed by atoms with E-state index in [2.05, 4.69) is 6.92 Å². The molecule has 0 saturated carbocycles. The van der Waals surface area contributed by atoms with Gasteiger partial charge in [-0.1, -0.05) is 0 Å². The van der Waals surface area contributed by atoms with Crippen LogP contribution in [0, 0.1) is 12.3 Å². The Balaban J connectivity index is -0.000000153. The molecule has 1 aromatic rings. The Bertz CT molecular complexity index is 518. The third-order valence-corrected chi connectivity index (χ3v) is 2.35. The van der Waals surface area contributed by atoms with E-state index in [0.717, 1.165) is 6.08 Å². The molecule has 0 aliphatic rings. The van der Waals surface area contributed by atoms with E-state index in [1.54, 1.807) is 6.92 Å². The SMILES string of the molecule is O=C=CC(=C=O)C(CO)(CO)CO.O=P([O-])([O-])[O-].[CH2-]C.[Mn+3].c1cc[cH-]c1. The molecular weight excluding hydrogens is 410 g/mol. The molecule has 0 aliphatic carbocycles. The molecule has 148 valence electrons. The Morgan fingerprint density at radius 3 is 1.62 bits per heavy atom. The minimum absolute atomic E-state index is 0. The van der Waals surface area contributed by atoms with Gasteiger partial charge >= 0.3 is 17.1 Å². The summed E-state index contributed by atoms with van der Waals surface area (Å²) in [6.07, 6.45) is 0.732. The van der Waals surface area contributed by atoms with Crippen molar-refractivity contribution in [3.05, 3.63) is 48.9 Å². The van der Waals surface area contributed by atoms with Gasteiger partial charge in [0, 0.05) is 6.08 Å². The van der Waals surface area contributed by atoms with Crippen molar-refractivity contribution < 1.29 is 61.2 Å². The average Bonchev–Trinajstić information content (AvgIpc) is 3.16.